The molecule has 2 heteroatoms. The van der Waals surface area contributed by atoms with Crippen LogP contribution in [0.5, 0.6) is 0 Å². The monoisotopic (exact) mass is 317 g/mol. The Morgan fingerprint density at radius 2 is 2.27 bits per heavy atom. The standard InChI is InChI=1S/C20H28ClN/c1-5-15-17-7-6-16(19(15)17)12(2)13(3)22(4)20-9-8-14(10-20)18(21)11-20/h7,12,14-15,18H,3,5-6,8-11H2,1-2,4H3. The van der Waals surface area contributed by atoms with Crippen LogP contribution in [0.15, 0.2) is 35.1 Å². The lowest BCUT2D eigenvalue weighted by molar-refractivity contribution is 0.158. The third-order valence-corrected chi connectivity index (χ3v) is 7.63. The summed E-state index contributed by atoms with van der Waals surface area (Å²) in [5.74, 6) is 1.99. The van der Waals surface area contributed by atoms with Gasteiger partial charge < -0.3 is 4.90 Å². The number of hydrogen-bond acceptors (Lipinski definition) is 1. The van der Waals surface area contributed by atoms with Gasteiger partial charge in [-0.15, -0.1) is 11.6 Å². The predicted octanol–water partition coefficient (Wildman–Crippen LogP) is 5.28. The zero-order valence-corrected chi connectivity index (χ0v) is 14.9. The molecule has 3 fully saturated rings. The fourth-order valence-electron chi connectivity index (χ4n) is 5.52. The van der Waals surface area contributed by atoms with Crippen LogP contribution in [0.3, 0.4) is 0 Å². The summed E-state index contributed by atoms with van der Waals surface area (Å²) < 4.78 is 0. The minimum atomic E-state index is 0.302. The molecule has 0 N–H and O–H groups in total. The molecule has 5 atom stereocenters. The van der Waals surface area contributed by atoms with E-state index in [1.54, 1.807) is 16.7 Å². The van der Waals surface area contributed by atoms with Crippen LogP contribution in [0.1, 0.15) is 52.4 Å². The highest BCUT2D eigenvalue weighted by Crippen LogP contribution is 2.58. The van der Waals surface area contributed by atoms with Crippen LogP contribution in [0.25, 0.3) is 0 Å². The number of rotatable bonds is 5. The second-order valence-corrected chi connectivity index (χ2v) is 8.54. The van der Waals surface area contributed by atoms with Crippen LogP contribution < -0.4 is 0 Å². The van der Waals surface area contributed by atoms with E-state index in [1.165, 1.54) is 31.4 Å². The summed E-state index contributed by atoms with van der Waals surface area (Å²) in [6.07, 6.45) is 9.90. The lowest BCUT2D eigenvalue weighted by Crippen LogP contribution is -2.44. The van der Waals surface area contributed by atoms with Gasteiger partial charge in [0.15, 0.2) is 0 Å². The lowest BCUT2D eigenvalue weighted by Gasteiger charge is -2.42. The Kier molecular flexibility index (Phi) is 3.31. The second kappa shape index (κ2) is 4.90. The van der Waals surface area contributed by atoms with Crippen molar-refractivity contribution < 1.29 is 0 Å². The van der Waals surface area contributed by atoms with Crippen molar-refractivity contribution in [3.63, 3.8) is 0 Å². The summed E-state index contributed by atoms with van der Waals surface area (Å²) in [6.45, 7) is 9.17. The molecule has 22 heavy (non-hydrogen) atoms. The van der Waals surface area contributed by atoms with Gasteiger partial charge in [-0.25, -0.2) is 0 Å². The molecular weight excluding hydrogens is 290 g/mol. The lowest BCUT2D eigenvalue weighted by atomic mass is 9.88. The molecule has 0 radical (unpaired) electrons. The smallest absolute Gasteiger partial charge is 0.0413 e. The van der Waals surface area contributed by atoms with E-state index >= 15 is 0 Å². The van der Waals surface area contributed by atoms with Crippen LogP contribution in [-0.2, 0) is 0 Å². The Labute approximate surface area is 140 Å². The number of nitrogens with zero attached hydrogens (tertiary/aromatic N) is 1. The Bertz CT molecular complexity index is 583. The third kappa shape index (κ3) is 1.90. The number of alkyl halides is 1. The van der Waals surface area contributed by atoms with Crippen LogP contribution in [0, 0.1) is 17.8 Å². The first-order chi connectivity index (χ1) is 10.5. The van der Waals surface area contributed by atoms with Crippen molar-refractivity contribution in [2.75, 3.05) is 7.05 Å². The Balaban J connectivity index is 1.52. The topological polar surface area (TPSA) is 3.24 Å². The number of fused-ring (bicyclic) bond motifs is 3. The highest BCUT2D eigenvalue weighted by Gasteiger charge is 2.53. The van der Waals surface area contributed by atoms with Gasteiger partial charge in [0, 0.05) is 35.5 Å². The van der Waals surface area contributed by atoms with Crippen LogP contribution >= 0.6 is 11.6 Å². The second-order valence-electron chi connectivity index (χ2n) is 7.98. The molecule has 2 bridgehead atoms. The van der Waals surface area contributed by atoms with E-state index in [9.17, 15) is 0 Å². The highest BCUT2D eigenvalue weighted by molar-refractivity contribution is 6.21. The first kappa shape index (κ1) is 14.9. The normalized spacial score (nSPS) is 39.8. The van der Waals surface area contributed by atoms with Crippen molar-refractivity contribution >= 4 is 11.6 Å². The molecular formula is C20H28ClN. The largest absolute Gasteiger partial charge is 0.372 e. The van der Waals surface area contributed by atoms with Crippen molar-refractivity contribution in [3.05, 3.63) is 35.1 Å². The Morgan fingerprint density at radius 1 is 1.50 bits per heavy atom. The van der Waals surface area contributed by atoms with Gasteiger partial charge in [-0.05, 0) is 55.6 Å². The first-order valence-electron chi connectivity index (χ1n) is 8.98. The minimum Gasteiger partial charge on any atom is -0.372 e. The molecule has 120 valence electrons. The maximum absolute atomic E-state index is 6.55. The average Bonchev–Trinajstić information content (AvgIpc) is 2.90. The molecule has 4 rings (SSSR count). The van der Waals surface area contributed by atoms with E-state index in [0.717, 1.165) is 24.7 Å². The Hall–Kier alpha value is -0.690. The van der Waals surface area contributed by atoms with Crippen molar-refractivity contribution in [2.45, 2.75) is 63.3 Å². The average molecular weight is 318 g/mol. The van der Waals surface area contributed by atoms with E-state index < -0.39 is 0 Å². The summed E-state index contributed by atoms with van der Waals surface area (Å²) in [6, 6.07) is 0. The summed E-state index contributed by atoms with van der Waals surface area (Å²) in [7, 11) is 2.27. The van der Waals surface area contributed by atoms with Crippen LogP contribution in [0.4, 0.5) is 0 Å². The zero-order chi connectivity index (χ0) is 15.6. The number of halogens is 1. The van der Waals surface area contributed by atoms with Gasteiger partial charge >= 0.3 is 0 Å². The molecule has 0 aromatic carbocycles. The molecule has 0 saturated heterocycles. The minimum absolute atomic E-state index is 0.302. The maximum Gasteiger partial charge on any atom is 0.0413 e. The fraction of sp³-hybridized carbons (Fsp3) is 0.700. The van der Waals surface area contributed by atoms with Gasteiger partial charge in [0.1, 0.15) is 0 Å². The maximum atomic E-state index is 6.55. The molecule has 4 aliphatic rings. The molecule has 0 amide bonds. The Morgan fingerprint density at radius 3 is 2.82 bits per heavy atom. The van der Waals surface area contributed by atoms with Gasteiger partial charge in [0.25, 0.3) is 0 Å². The number of allylic oxidation sites excluding steroid dienone is 4. The zero-order valence-electron chi connectivity index (χ0n) is 14.2. The van der Waals surface area contributed by atoms with E-state index in [0.29, 0.717) is 16.8 Å². The van der Waals surface area contributed by atoms with Gasteiger partial charge in [0.05, 0.1) is 0 Å². The molecule has 0 aromatic heterocycles. The van der Waals surface area contributed by atoms with Crippen molar-refractivity contribution in [2.24, 2.45) is 17.8 Å². The quantitative estimate of drug-likeness (QED) is 0.623. The van der Waals surface area contributed by atoms with Gasteiger partial charge in [0.2, 0.25) is 0 Å². The SMILES string of the molecule is C=C(C(C)C1=C2C(=CC1)C2CC)N(C)C12CCC(C1)C(Cl)C2. The van der Waals surface area contributed by atoms with Gasteiger partial charge in [-0.1, -0.05) is 32.1 Å². The molecule has 0 aromatic rings. The summed E-state index contributed by atoms with van der Waals surface area (Å²) in [5, 5.41) is 0.383. The van der Waals surface area contributed by atoms with Gasteiger partial charge in [-0.2, -0.15) is 0 Å². The van der Waals surface area contributed by atoms with Gasteiger partial charge in [-0.3, -0.25) is 0 Å². The molecule has 4 aliphatic carbocycles. The molecule has 1 nitrogen and oxygen atoms in total. The summed E-state index contributed by atoms with van der Waals surface area (Å²) in [5.41, 5.74) is 6.57. The molecule has 0 heterocycles. The van der Waals surface area contributed by atoms with E-state index in [2.05, 4.69) is 38.5 Å². The van der Waals surface area contributed by atoms with E-state index in [-0.39, 0.29) is 0 Å². The van der Waals surface area contributed by atoms with Crippen LogP contribution in [0.2, 0.25) is 0 Å². The molecule has 5 unspecified atom stereocenters. The van der Waals surface area contributed by atoms with Crippen LogP contribution in [-0.4, -0.2) is 22.9 Å². The molecule has 3 saturated carbocycles. The van der Waals surface area contributed by atoms with Crippen molar-refractivity contribution in [1.82, 2.24) is 4.90 Å². The molecule has 0 spiro atoms. The predicted molar refractivity (Wildman–Crippen MR) is 93.9 cm³/mol. The fourth-order valence-corrected chi connectivity index (χ4v) is 6.02. The first-order valence-corrected chi connectivity index (χ1v) is 9.42. The van der Waals surface area contributed by atoms with E-state index in [1.807, 2.05) is 0 Å². The van der Waals surface area contributed by atoms with Crippen molar-refractivity contribution in [3.8, 4) is 0 Å². The molecule has 0 aliphatic heterocycles. The van der Waals surface area contributed by atoms with Crippen molar-refractivity contribution in [1.29, 1.82) is 0 Å². The number of hydrogen-bond donors (Lipinski definition) is 0. The van der Waals surface area contributed by atoms with E-state index in [4.69, 9.17) is 11.6 Å². The summed E-state index contributed by atoms with van der Waals surface area (Å²) in [4.78, 5) is 2.52. The highest BCUT2D eigenvalue weighted by atomic mass is 35.5. The third-order valence-electron chi connectivity index (χ3n) is 7.12. The summed E-state index contributed by atoms with van der Waals surface area (Å²) >= 11 is 6.55.